The van der Waals surface area contributed by atoms with E-state index in [0.29, 0.717) is 36.8 Å². The van der Waals surface area contributed by atoms with Crippen molar-refractivity contribution in [2.24, 2.45) is 5.92 Å². The summed E-state index contributed by atoms with van der Waals surface area (Å²) >= 11 is 0. The summed E-state index contributed by atoms with van der Waals surface area (Å²) < 4.78 is 5.34. The molecule has 8 nitrogen and oxygen atoms in total. The molecule has 0 spiro atoms. The summed E-state index contributed by atoms with van der Waals surface area (Å²) in [5.74, 6) is -1.63. The average molecular weight is 450 g/mol. The van der Waals surface area contributed by atoms with Gasteiger partial charge in [0.05, 0.1) is 11.3 Å². The number of benzene rings is 1. The fraction of sp³-hybridized carbons (Fsp3) is 0.280. The zero-order valence-corrected chi connectivity index (χ0v) is 18.5. The van der Waals surface area contributed by atoms with Gasteiger partial charge in [0.1, 0.15) is 0 Å². The Morgan fingerprint density at radius 2 is 1.88 bits per heavy atom. The molecule has 1 fully saturated rings. The van der Waals surface area contributed by atoms with Crippen LogP contribution in [0.3, 0.4) is 0 Å². The van der Waals surface area contributed by atoms with E-state index in [1.807, 2.05) is 0 Å². The van der Waals surface area contributed by atoms with Crippen molar-refractivity contribution >= 4 is 35.6 Å². The molecule has 1 aromatic carbocycles. The highest BCUT2D eigenvalue weighted by Gasteiger charge is 2.21. The van der Waals surface area contributed by atoms with Crippen LogP contribution in [0.5, 0.6) is 0 Å². The summed E-state index contributed by atoms with van der Waals surface area (Å²) in [5.41, 5.74) is 1.44. The normalized spacial score (nSPS) is 14.1. The molecule has 1 aliphatic rings. The number of anilines is 1. The summed E-state index contributed by atoms with van der Waals surface area (Å²) in [6.45, 7) is 7.35. The van der Waals surface area contributed by atoms with Crippen LogP contribution in [-0.4, -0.2) is 47.6 Å². The third-order valence-electron chi connectivity index (χ3n) is 5.46. The molecule has 2 aromatic rings. The van der Waals surface area contributed by atoms with Crippen molar-refractivity contribution in [3.05, 3.63) is 71.1 Å². The molecule has 0 bridgehead atoms. The number of rotatable bonds is 8. The van der Waals surface area contributed by atoms with Gasteiger partial charge in [-0.25, -0.2) is 9.78 Å². The van der Waals surface area contributed by atoms with Crippen molar-refractivity contribution in [2.45, 2.75) is 19.8 Å². The average Bonchev–Trinajstić information content (AvgIpc) is 2.83. The van der Waals surface area contributed by atoms with Gasteiger partial charge < -0.3 is 20.5 Å². The van der Waals surface area contributed by atoms with Crippen LogP contribution in [0.1, 0.15) is 62.1 Å². The monoisotopic (exact) mass is 449 g/mol. The quantitative estimate of drug-likeness (QED) is 0.563. The van der Waals surface area contributed by atoms with Gasteiger partial charge in [-0.05, 0) is 61.1 Å². The van der Waals surface area contributed by atoms with Gasteiger partial charge in [0.2, 0.25) is 0 Å². The van der Waals surface area contributed by atoms with E-state index in [2.05, 4.69) is 22.2 Å². The smallest absolute Gasteiger partial charge is 0.336 e. The van der Waals surface area contributed by atoms with E-state index >= 15 is 0 Å². The van der Waals surface area contributed by atoms with Crippen LogP contribution in [0.25, 0.3) is 12.2 Å². The predicted octanol–water partition coefficient (Wildman–Crippen LogP) is 3.86. The van der Waals surface area contributed by atoms with Gasteiger partial charge in [0, 0.05) is 31.5 Å². The first kappa shape index (κ1) is 23.9. The van der Waals surface area contributed by atoms with E-state index in [9.17, 15) is 19.5 Å². The van der Waals surface area contributed by atoms with E-state index in [4.69, 9.17) is 4.74 Å². The first-order valence-electron chi connectivity index (χ1n) is 10.7. The van der Waals surface area contributed by atoms with Crippen LogP contribution in [0.15, 0.2) is 43.1 Å². The fourth-order valence-electron chi connectivity index (χ4n) is 3.74. The molecule has 0 aliphatic carbocycles. The number of pyridine rings is 1. The molecule has 1 saturated heterocycles. The highest BCUT2D eigenvalue weighted by atomic mass is 16.5. The van der Waals surface area contributed by atoms with Crippen LogP contribution in [0, 0.1) is 5.92 Å². The minimum absolute atomic E-state index is 0.0456. The molecule has 2 amide bonds. The van der Waals surface area contributed by atoms with Gasteiger partial charge in [0.25, 0.3) is 11.8 Å². The summed E-state index contributed by atoms with van der Waals surface area (Å²) in [5, 5.41) is 15.1. The molecule has 3 N–H and O–H groups in total. The topological polar surface area (TPSA) is 118 Å². The molecule has 3 rings (SSSR count). The Hall–Kier alpha value is -3.78. The molecule has 2 heterocycles. The lowest BCUT2D eigenvalue weighted by Crippen LogP contribution is -2.33. The lowest BCUT2D eigenvalue weighted by Gasteiger charge is -2.22. The SMILES string of the molecule is C=Cc1c(C(=O)O)ccc(C(=O)Nc2cccnc2C(=O)NCC2CCOCC2)c1/C=C\C. The Morgan fingerprint density at radius 3 is 2.55 bits per heavy atom. The second-order valence-electron chi connectivity index (χ2n) is 7.62. The Kier molecular flexibility index (Phi) is 8.10. The Morgan fingerprint density at radius 1 is 1.15 bits per heavy atom. The Labute approximate surface area is 192 Å². The number of amides is 2. The highest BCUT2D eigenvalue weighted by molar-refractivity contribution is 6.11. The van der Waals surface area contributed by atoms with Crippen LogP contribution in [0.4, 0.5) is 5.69 Å². The third-order valence-corrected chi connectivity index (χ3v) is 5.46. The number of hydrogen-bond donors (Lipinski definition) is 3. The van der Waals surface area contributed by atoms with E-state index < -0.39 is 11.9 Å². The highest BCUT2D eigenvalue weighted by Crippen LogP contribution is 2.24. The van der Waals surface area contributed by atoms with Crippen LogP contribution >= 0.6 is 0 Å². The molecule has 8 heteroatoms. The lowest BCUT2D eigenvalue weighted by molar-refractivity contribution is 0.0642. The second-order valence-corrected chi connectivity index (χ2v) is 7.62. The molecule has 0 saturated carbocycles. The van der Waals surface area contributed by atoms with Crippen molar-refractivity contribution in [3.8, 4) is 0 Å². The maximum absolute atomic E-state index is 13.1. The molecule has 1 aromatic heterocycles. The summed E-state index contributed by atoms with van der Waals surface area (Å²) in [4.78, 5) is 41.6. The van der Waals surface area contributed by atoms with Gasteiger partial charge >= 0.3 is 5.97 Å². The number of aromatic carboxylic acids is 1. The maximum atomic E-state index is 13.1. The van der Waals surface area contributed by atoms with Crippen LogP contribution in [-0.2, 0) is 4.74 Å². The summed E-state index contributed by atoms with van der Waals surface area (Å²) in [7, 11) is 0. The van der Waals surface area contributed by atoms with Gasteiger partial charge in [0.15, 0.2) is 5.69 Å². The largest absolute Gasteiger partial charge is 0.478 e. The standard InChI is InChI=1S/C25H27N3O5/c1-3-6-18-17(4-2)20(25(31)32)9-8-19(18)23(29)28-21-7-5-12-26-22(21)24(30)27-15-16-10-13-33-14-11-16/h3-9,12,16H,2,10-11,13-15H2,1H3,(H,27,30)(H,28,29)(H,31,32)/b6-3-. The van der Waals surface area contributed by atoms with Gasteiger partial charge in [-0.15, -0.1) is 0 Å². The third kappa shape index (κ3) is 5.72. The minimum atomic E-state index is -1.11. The number of carbonyl (C=O) groups is 3. The molecule has 0 unspecified atom stereocenters. The van der Waals surface area contributed by atoms with Crippen molar-refractivity contribution in [1.82, 2.24) is 10.3 Å². The van der Waals surface area contributed by atoms with Crippen molar-refractivity contribution in [1.29, 1.82) is 0 Å². The van der Waals surface area contributed by atoms with Crippen molar-refractivity contribution in [2.75, 3.05) is 25.1 Å². The lowest BCUT2D eigenvalue weighted by atomic mass is 9.94. The second kappa shape index (κ2) is 11.2. The van der Waals surface area contributed by atoms with E-state index in [1.165, 1.54) is 24.4 Å². The number of carbonyl (C=O) groups excluding carboxylic acids is 2. The van der Waals surface area contributed by atoms with Gasteiger partial charge in [-0.2, -0.15) is 0 Å². The van der Waals surface area contributed by atoms with Crippen molar-refractivity contribution < 1.29 is 24.2 Å². The number of ether oxygens (including phenoxy) is 1. The Balaban J connectivity index is 1.84. The first-order valence-corrected chi connectivity index (χ1v) is 10.7. The molecule has 172 valence electrons. The summed E-state index contributed by atoms with van der Waals surface area (Å²) in [6.07, 6.45) is 8.04. The number of carboxylic acids is 1. The molecule has 33 heavy (non-hydrogen) atoms. The molecule has 0 atom stereocenters. The van der Waals surface area contributed by atoms with Crippen LogP contribution in [0.2, 0.25) is 0 Å². The van der Waals surface area contributed by atoms with Gasteiger partial charge in [-0.3, -0.25) is 9.59 Å². The maximum Gasteiger partial charge on any atom is 0.336 e. The number of aromatic nitrogens is 1. The molecular formula is C25H27N3O5. The Bertz CT molecular complexity index is 1090. The minimum Gasteiger partial charge on any atom is -0.478 e. The number of hydrogen-bond acceptors (Lipinski definition) is 5. The molecule has 1 aliphatic heterocycles. The van der Waals surface area contributed by atoms with E-state index in [0.717, 1.165) is 12.8 Å². The van der Waals surface area contributed by atoms with Gasteiger partial charge in [-0.1, -0.05) is 24.8 Å². The zero-order chi connectivity index (χ0) is 23.8. The van der Waals surface area contributed by atoms with Crippen LogP contribution < -0.4 is 10.6 Å². The van der Waals surface area contributed by atoms with E-state index in [-0.39, 0.29) is 28.4 Å². The zero-order valence-electron chi connectivity index (χ0n) is 18.5. The number of nitrogens with one attached hydrogen (secondary N) is 2. The fourth-order valence-corrected chi connectivity index (χ4v) is 3.74. The number of allylic oxidation sites excluding steroid dienone is 1. The predicted molar refractivity (Wildman–Crippen MR) is 126 cm³/mol. The molecule has 0 radical (unpaired) electrons. The summed E-state index contributed by atoms with van der Waals surface area (Å²) in [6, 6.07) is 6.04. The van der Waals surface area contributed by atoms with Crippen molar-refractivity contribution in [3.63, 3.8) is 0 Å². The number of carboxylic acid groups (broad SMARTS) is 1. The first-order chi connectivity index (χ1) is 16.0. The molecular weight excluding hydrogens is 422 g/mol. The van der Waals surface area contributed by atoms with E-state index in [1.54, 1.807) is 31.2 Å². The number of nitrogens with zero attached hydrogens (tertiary/aromatic N) is 1.